The summed E-state index contributed by atoms with van der Waals surface area (Å²) in [4.78, 5) is 12.0. The van der Waals surface area contributed by atoms with Crippen molar-refractivity contribution in [3.63, 3.8) is 0 Å². The summed E-state index contributed by atoms with van der Waals surface area (Å²) >= 11 is 0. The minimum Gasteiger partial charge on any atom is -0.508 e. The maximum absolute atomic E-state index is 12.0. The highest BCUT2D eigenvalue weighted by Crippen LogP contribution is 2.13. The molecule has 0 heterocycles. The number of carbonyl (C=O) groups is 1. The van der Waals surface area contributed by atoms with E-state index in [1.807, 2.05) is 6.92 Å². The fourth-order valence-electron chi connectivity index (χ4n) is 2.05. The zero-order valence-corrected chi connectivity index (χ0v) is 13.0. The predicted molar refractivity (Wildman–Crippen MR) is 82.3 cm³/mol. The van der Waals surface area contributed by atoms with Gasteiger partial charge in [-0.1, -0.05) is 38.3 Å². The van der Waals surface area contributed by atoms with E-state index < -0.39 is 6.10 Å². The first-order valence-corrected chi connectivity index (χ1v) is 7.73. The molecular formula is C17H26O4. The number of hydrogen-bond acceptors (Lipinski definition) is 4. The van der Waals surface area contributed by atoms with Gasteiger partial charge in [0.15, 0.2) is 6.10 Å². The van der Waals surface area contributed by atoms with Gasteiger partial charge in [-0.25, -0.2) is 4.79 Å². The van der Waals surface area contributed by atoms with Crippen LogP contribution in [0.15, 0.2) is 24.3 Å². The Morgan fingerprint density at radius 1 is 1.14 bits per heavy atom. The molecule has 0 aliphatic heterocycles. The third-order valence-corrected chi connectivity index (χ3v) is 3.23. The molecule has 118 valence electrons. The number of hydrogen-bond donors (Lipinski definition) is 1. The normalized spacial score (nSPS) is 12.1. The van der Waals surface area contributed by atoms with E-state index in [0.717, 1.165) is 24.8 Å². The Bertz CT molecular complexity index is 400. The maximum atomic E-state index is 12.0. The Kier molecular flexibility index (Phi) is 8.51. The lowest BCUT2D eigenvalue weighted by molar-refractivity contribution is -0.157. The standard InChI is InChI=1S/C17H26O4/c1-3-5-6-7-12-21-17(19)16(20-4-2)13-14-8-10-15(18)11-9-14/h8-11,16,18H,3-7,12-13H2,1-2H3/t16-/m0/s1. The van der Waals surface area contributed by atoms with Gasteiger partial charge >= 0.3 is 5.97 Å². The SMILES string of the molecule is CCCCCCOC(=O)[C@H](Cc1ccc(O)cc1)OCC. The molecule has 21 heavy (non-hydrogen) atoms. The predicted octanol–water partition coefficient (Wildman–Crippen LogP) is 3.46. The van der Waals surface area contributed by atoms with Crippen molar-refractivity contribution in [2.45, 2.75) is 52.1 Å². The van der Waals surface area contributed by atoms with E-state index in [9.17, 15) is 9.90 Å². The number of benzene rings is 1. The van der Waals surface area contributed by atoms with Crippen molar-refractivity contribution < 1.29 is 19.4 Å². The highest BCUT2D eigenvalue weighted by molar-refractivity contribution is 5.75. The van der Waals surface area contributed by atoms with Crippen molar-refractivity contribution in [3.05, 3.63) is 29.8 Å². The quantitative estimate of drug-likeness (QED) is 0.530. The summed E-state index contributed by atoms with van der Waals surface area (Å²) in [7, 11) is 0. The lowest BCUT2D eigenvalue weighted by Gasteiger charge is -2.16. The second kappa shape index (κ2) is 10.2. The summed E-state index contributed by atoms with van der Waals surface area (Å²) in [6.07, 6.45) is 4.20. The molecular weight excluding hydrogens is 268 g/mol. The zero-order chi connectivity index (χ0) is 15.5. The summed E-state index contributed by atoms with van der Waals surface area (Å²) in [5.74, 6) is -0.0911. The van der Waals surface area contributed by atoms with E-state index in [2.05, 4.69) is 6.92 Å². The molecule has 0 amide bonds. The molecule has 0 saturated carbocycles. The van der Waals surface area contributed by atoms with E-state index >= 15 is 0 Å². The summed E-state index contributed by atoms with van der Waals surface area (Å²) in [6.45, 7) is 4.93. The van der Waals surface area contributed by atoms with Crippen LogP contribution in [-0.4, -0.2) is 30.4 Å². The first-order valence-electron chi connectivity index (χ1n) is 7.73. The number of rotatable bonds is 10. The fourth-order valence-corrected chi connectivity index (χ4v) is 2.05. The minimum absolute atomic E-state index is 0.213. The van der Waals surface area contributed by atoms with Crippen LogP contribution in [0.1, 0.15) is 45.1 Å². The minimum atomic E-state index is -0.578. The van der Waals surface area contributed by atoms with E-state index in [4.69, 9.17) is 9.47 Å². The molecule has 0 aliphatic carbocycles. The Morgan fingerprint density at radius 3 is 2.48 bits per heavy atom. The van der Waals surface area contributed by atoms with Crippen LogP contribution >= 0.6 is 0 Å². The molecule has 1 rings (SSSR count). The van der Waals surface area contributed by atoms with Crippen LogP contribution in [0, 0.1) is 0 Å². The van der Waals surface area contributed by atoms with Crippen molar-refractivity contribution >= 4 is 5.97 Å². The molecule has 0 aromatic heterocycles. The van der Waals surface area contributed by atoms with Crippen molar-refractivity contribution in [2.24, 2.45) is 0 Å². The smallest absolute Gasteiger partial charge is 0.335 e. The Balaban J connectivity index is 2.43. The van der Waals surface area contributed by atoms with Gasteiger partial charge in [-0.05, 0) is 31.0 Å². The van der Waals surface area contributed by atoms with Gasteiger partial charge in [0.05, 0.1) is 6.61 Å². The van der Waals surface area contributed by atoms with Gasteiger partial charge in [0, 0.05) is 13.0 Å². The van der Waals surface area contributed by atoms with Crippen molar-refractivity contribution in [2.75, 3.05) is 13.2 Å². The second-order valence-electron chi connectivity index (χ2n) is 5.04. The molecule has 0 aliphatic rings. The first-order chi connectivity index (χ1) is 10.2. The molecule has 0 spiro atoms. The molecule has 0 bridgehead atoms. The lowest BCUT2D eigenvalue weighted by atomic mass is 10.1. The van der Waals surface area contributed by atoms with E-state index in [-0.39, 0.29) is 11.7 Å². The van der Waals surface area contributed by atoms with Gasteiger partial charge in [-0.15, -0.1) is 0 Å². The average Bonchev–Trinajstić information content (AvgIpc) is 2.48. The number of unbranched alkanes of at least 4 members (excludes halogenated alkanes) is 3. The van der Waals surface area contributed by atoms with Gasteiger partial charge in [0.1, 0.15) is 5.75 Å². The van der Waals surface area contributed by atoms with E-state index in [1.165, 1.54) is 6.42 Å². The van der Waals surface area contributed by atoms with Crippen LogP contribution < -0.4 is 0 Å². The Labute approximate surface area is 127 Å². The van der Waals surface area contributed by atoms with Crippen molar-refractivity contribution in [3.8, 4) is 5.75 Å². The summed E-state index contributed by atoms with van der Waals surface area (Å²) < 4.78 is 10.8. The second-order valence-corrected chi connectivity index (χ2v) is 5.04. The fraction of sp³-hybridized carbons (Fsp3) is 0.588. The molecule has 4 heteroatoms. The largest absolute Gasteiger partial charge is 0.508 e. The Morgan fingerprint density at radius 2 is 1.86 bits per heavy atom. The molecule has 1 N–H and O–H groups in total. The number of carbonyl (C=O) groups excluding carboxylic acids is 1. The van der Waals surface area contributed by atoms with Crippen LogP contribution in [0.2, 0.25) is 0 Å². The van der Waals surface area contributed by atoms with Crippen molar-refractivity contribution in [1.29, 1.82) is 0 Å². The van der Waals surface area contributed by atoms with Crippen LogP contribution in [0.3, 0.4) is 0 Å². The number of aromatic hydroxyl groups is 1. The molecule has 0 radical (unpaired) electrons. The van der Waals surface area contributed by atoms with Gasteiger partial charge in [-0.3, -0.25) is 0 Å². The van der Waals surface area contributed by atoms with Gasteiger partial charge < -0.3 is 14.6 Å². The van der Waals surface area contributed by atoms with Crippen LogP contribution in [-0.2, 0) is 20.7 Å². The first kappa shape index (κ1) is 17.5. The molecule has 0 saturated heterocycles. The lowest BCUT2D eigenvalue weighted by Crippen LogP contribution is -2.29. The monoisotopic (exact) mass is 294 g/mol. The third-order valence-electron chi connectivity index (χ3n) is 3.23. The van der Waals surface area contributed by atoms with Crippen LogP contribution in [0.4, 0.5) is 0 Å². The highest BCUT2D eigenvalue weighted by atomic mass is 16.6. The van der Waals surface area contributed by atoms with Gasteiger partial charge in [0.2, 0.25) is 0 Å². The molecule has 0 fully saturated rings. The maximum Gasteiger partial charge on any atom is 0.335 e. The number of esters is 1. The number of ether oxygens (including phenoxy) is 2. The number of phenols is 1. The van der Waals surface area contributed by atoms with Crippen LogP contribution in [0.5, 0.6) is 5.75 Å². The molecule has 0 unspecified atom stereocenters. The van der Waals surface area contributed by atoms with Crippen LogP contribution in [0.25, 0.3) is 0 Å². The van der Waals surface area contributed by atoms with E-state index in [1.54, 1.807) is 24.3 Å². The summed E-state index contributed by atoms with van der Waals surface area (Å²) in [6, 6.07) is 6.79. The van der Waals surface area contributed by atoms with Gasteiger partial charge in [-0.2, -0.15) is 0 Å². The Hall–Kier alpha value is -1.55. The van der Waals surface area contributed by atoms with Crippen molar-refractivity contribution in [1.82, 2.24) is 0 Å². The molecule has 4 nitrogen and oxygen atoms in total. The molecule has 1 aromatic rings. The van der Waals surface area contributed by atoms with E-state index in [0.29, 0.717) is 19.6 Å². The molecule has 1 atom stereocenters. The third kappa shape index (κ3) is 7.14. The van der Waals surface area contributed by atoms with Gasteiger partial charge in [0.25, 0.3) is 0 Å². The zero-order valence-electron chi connectivity index (χ0n) is 13.0. The average molecular weight is 294 g/mol. The highest BCUT2D eigenvalue weighted by Gasteiger charge is 2.20. The summed E-state index contributed by atoms with van der Waals surface area (Å²) in [5.41, 5.74) is 0.939. The topological polar surface area (TPSA) is 55.8 Å². The summed E-state index contributed by atoms with van der Waals surface area (Å²) in [5, 5.41) is 9.27. The molecule has 1 aromatic carbocycles. The number of phenolic OH excluding ortho intramolecular Hbond substituents is 1.